The summed E-state index contributed by atoms with van der Waals surface area (Å²) in [6.07, 6.45) is 0. The molecule has 0 fully saturated rings. The lowest BCUT2D eigenvalue weighted by Crippen LogP contribution is -2.30. The predicted molar refractivity (Wildman–Crippen MR) is 96.4 cm³/mol. The van der Waals surface area contributed by atoms with Crippen molar-refractivity contribution in [2.24, 2.45) is 0 Å². The first-order valence-electron chi connectivity index (χ1n) is 8.01. The maximum Gasteiger partial charge on any atom is 0.233 e. The summed E-state index contributed by atoms with van der Waals surface area (Å²) in [5.41, 5.74) is 0.967. The van der Waals surface area contributed by atoms with Crippen LogP contribution in [-0.4, -0.2) is 39.6 Å². The summed E-state index contributed by atoms with van der Waals surface area (Å²) in [6, 6.07) is 7.91. The summed E-state index contributed by atoms with van der Waals surface area (Å²) in [6.45, 7) is 8.57. The lowest BCUT2D eigenvalue weighted by Gasteiger charge is -2.16. The van der Waals surface area contributed by atoms with Gasteiger partial charge >= 0.3 is 0 Å². The molecule has 1 N–H and O–H groups in total. The van der Waals surface area contributed by atoms with E-state index in [1.807, 2.05) is 38.1 Å². The van der Waals surface area contributed by atoms with Gasteiger partial charge in [0.25, 0.3) is 0 Å². The molecular formula is C17H24N4O2S. The van der Waals surface area contributed by atoms with Gasteiger partial charge in [-0.15, -0.1) is 10.2 Å². The Hall–Kier alpha value is -2.02. The van der Waals surface area contributed by atoms with Crippen molar-refractivity contribution in [1.29, 1.82) is 0 Å². The maximum atomic E-state index is 12.0. The molecule has 1 atom stereocenters. The van der Waals surface area contributed by atoms with Crippen LogP contribution in [0.15, 0.2) is 29.4 Å². The number of thioether (sulfide) groups is 1. The fraction of sp³-hybridized carbons (Fsp3) is 0.471. The molecule has 1 heterocycles. The number of nitrogens with zero attached hydrogens (tertiary/aromatic N) is 3. The van der Waals surface area contributed by atoms with Crippen molar-refractivity contribution in [3.05, 3.63) is 24.3 Å². The van der Waals surface area contributed by atoms with E-state index in [1.54, 1.807) is 7.11 Å². The van der Waals surface area contributed by atoms with E-state index in [0.29, 0.717) is 6.54 Å². The number of benzene rings is 1. The van der Waals surface area contributed by atoms with Gasteiger partial charge in [-0.25, -0.2) is 0 Å². The third kappa shape index (κ3) is 4.08. The van der Waals surface area contributed by atoms with Gasteiger partial charge < -0.3 is 10.1 Å². The van der Waals surface area contributed by atoms with Crippen molar-refractivity contribution in [2.75, 3.05) is 13.7 Å². The minimum Gasteiger partial charge on any atom is -0.497 e. The van der Waals surface area contributed by atoms with E-state index in [2.05, 4.69) is 33.9 Å². The first-order valence-corrected chi connectivity index (χ1v) is 8.89. The first kappa shape index (κ1) is 18.3. The zero-order valence-corrected chi connectivity index (χ0v) is 15.6. The van der Waals surface area contributed by atoms with Gasteiger partial charge in [-0.3, -0.25) is 9.36 Å². The Labute approximate surface area is 147 Å². The number of amides is 1. The third-order valence-electron chi connectivity index (χ3n) is 3.53. The molecule has 0 saturated carbocycles. The van der Waals surface area contributed by atoms with Gasteiger partial charge in [0.05, 0.1) is 12.4 Å². The summed E-state index contributed by atoms with van der Waals surface area (Å²) >= 11 is 1.42. The fourth-order valence-electron chi connectivity index (χ4n) is 2.29. The lowest BCUT2D eigenvalue weighted by atomic mass is 10.2. The van der Waals surface area contributed by atoms with Crippen LogP contribution in [0, 0.1) is 0 Å². The molecule has 0 aliphatic heterocycles. The van der Waals surface area contributed by atoms with Gasteiger partial charge in [0.1, 0.15) is 5.75 Å². The van der Waals surface area contributed by atoms with Crippen LogP contribution in [0.25, 0.3) is 11.4 Å². The second kappa shape index (κ2) is 8.19. The number of nitrogens with one attached hydrogen (secondary N) is 1. The summed E-state index contributed by atoms with van der Waals surface area (Å²) in [5, 5.41) is 12.0. The molecule has 1 aromatic heterocycles. The van der Waals surface area contributed by atoms with E-state index in [0.717, 1.165) is 22.3 Å². The number of carbonyl (C=O) groups is 1. The average molecular weight is 348 g/mol. The van der Waals surface area contributed by atoms with Crippen LogP contribution in [0.4, 0.5) is 0 Å². The molecule has 0 aliphatic carbocycles. The Morgan fingerprint density at radius 2 is 1.92 bits per heavy atom. The largest absolute Gasteiger partial charge is 0.497 e. The van der Waals surface area contributed by atoms with Crippen LogP contribution in [0.2, 0.25) is 0 Å². The number of hydrogen-bond donors (Lipinski definition) is 1. The monoisotopic (exact) mass is 348 g/mol. The van der Waals surface area contributed by atoms with E-state index in [4.69, 9.17) is 4.74 Å². The highest BCUT2D eigenvalue weighted by Gasteiger charge is 2.21. The minimum atomic E-state index is -0.227. The number of methoxy groups -OCH3 is 1. The standard InChI is InChI=1S/C17H24N4O2S/c1-6-18-16(22)12(4)24-17-20-19-15(21(17)11(2)3)13-7-9-14(23-5)10-8-13/h7-12H,6H2,1-5H3,(H,18,22)/t12-/m1/s1. The Balaban J connectivity index is 2.31. The Morgan fingerprint density at radius 3 is 2.46 bits per heavy atom. The molecule has 1 amide bonds. The smallest absolute Gasteiger partial charge is 0.233 e. The number of aromatic nitrogens is 3. The zero-order valence-electron chi connectivity index (χ0n) is 14.7. The zero-order chi connectivity index (χ0) is 17.7. The average Bonchev–Trinajstić information content (AvgIpc) is 2.99. The second-order valence-electron chi connectivity index (χ2n) is 5.65. The first-order chi connectivity index (χ1) is 11.5. The van der Waals surface area contributed by atoms with Crippen molar-refractivity contribution < 1.29 is 9.53 Å². The number of hydrogen-bond acceptors (Lipinski definition) is 5. The molecule has 0 radical (unpaired) electrons. The van der Waals surface area contributed by atoms with Crippen LogP contribution < -0.4 is 10.1 Å². The molecule has 6 nitrogen and oxygen atoms in total. The van der Waals surface area contributed by atoms with Crippen LogP contribution in [0.3, 0.4) is 0 Å². The molecule has 2 rings (SSSR count). The number of rotatable bonds is 7. The third-order valence-corrected chi connectivity index (χ3v) is 4.59. The molecule has 24 heavy (non-hydrogen) atoms. The van der Waals surface area contributed by atoms with Gasteiger partial charge in [0.2, 0.25) is 5.91 Å². The van der Waals surface area contributed by atoms with E-state index in [9.17, 15) is 4.79 Å². The van der Waals surface area contributed by atoms with Crippen molar-refractivity contribution in [1.82, 2.24) is 20.1 Å². The molecule has 0 saturated heterocycles. The molecule has 0 aliphatic rings. The molecule has 130 valence electrons. The topological polar surface area (TPSA) is 69.0 Å². The summed E-state index contributed by atoms with van der Waals surface area (Å²) in [4.78, 5) is 12.0. The molecule has 7 heteroatoms. The predicted octanol–water partition coefficient (Wildman–Crippen LogP) is 3.15. The number of ether oxygens (including phenoxy) is 1. The van der Waals surface area contributed by atoms with Crippen molar-refractivity contribution in [3.8, 4) is 17.1 Å². The van der Waals surface area contributed by atoms with E-state index >= 15 is 0 Å². The quantitative estimate of drug-likeness (QED) is 0.779. The van der Waals surface area contributed by atoms with Crippen LogP contribution in [0.5, 0.6) is 5.75 Å². The highest BCUT2D eigenvalue weighted by Crippen LogP contribution is 2.30. The Morgan fingerprint density at radius 1 is 1.25 bits per heavy atom. The molecule has 1 aromatic carbocycles. The van der Waals surface area contributed by atoms with Crippen molar-refractivity contribution >= 4 is 17.7 Å². The van der Waals surface area contributed by atoms with Gasteiger partial charge in [0.15, 0.2) is 11.0 Å². The molecular weight excluding hydrogens is 324 g/mol. The van der Waals surface area contributed by atoms with Gasteiger partial charge in [0, 0.05) is 18.2 Å². The summed E-state index contributed by atoms with van der Waals surface area (Å²) < 4.78 is 7.26. The molecule has 0 unspecified atom stereocenters. The van der Waals surface area contributed by atoms with E-state index in [-0.39, 0.29) is 17.2 Å². The lowest BCUT2D eigenvalue weighted by molar-refractivity contribution is -0.120. The van der Waals surface area contributed by atoms with Gasteiger partial charge in [-0.05, 0) is 52.0 Å². The molecule has 0 spiro atoms. The van der Waals surface area contributed by atoms with Gasteiger partial charge in [-0.1, -0.05) is 11.8 Å². The second-order valence-corrected chi connectivity index (χ2v) is 6.96. The van der Waals surface area contributed by atoms with Crippen molar-refractivity contribution in [2.45, 2.75) is 44.1 Å². The normalized spacial score (nSPS) is 12.2. The van der Waals surface area contributed by atoms with Crippen molar-refractivity contribution in [3.63, 3.8) is 0 Å². The van der Waals surface area contributed by atoms with E-state index in [1.165, 1.54) is 11.8 Å². The molecule has 2 aromatic rings. The van der Waals surface area contributed by atoms with Crippen LogP contribution in [-0.2, 0) is 4.79 Å². The van der Waals surface area contributed by atoms with Crippen LogP contribution in [0.1, 0.15) is 33.7 Å². The number of carbonyl (C=O) groups excluding carboxylic acids is 1. The maximum absolute atomic E-state index is 12.0. The SMILES string of the molecule is CCNC(=O)[C@@H](C)Sc1nnc(-c2ccc(OC)cc2)n1C(C)C. The van der Waals surface area contributed by atoms with Crippen LogP contribution >= 0.6 is 11.8 Å². The summed E-state index contributed by atoms with van der Waals surface area (Å²) in [5.74, 6) is 1.60. The summed E-state index contributed by atoms with van der Waals surface area (Å²) in [7, 11) is 1.64. The minimum absolute atomic E-state index is 0.00630. The fourth-order valence-corrected chi connectivity index (χ4v) is 3.29. The highest BCUT2D eigenvalue weighted by molar-refractivity contribution is 8.00. The Bertz CT molecular complexity index is 682. The highest BCUT2D eigenvalue weighted by atomic mass is 32.2. The Kier molecular flexibility index (Phi) is 6.25. The van der Waals surface area contributed by atoms with E-state index < -0.39 is 0 Å². The molecule has 0 bridgehead atoms. The van der Waals surface area contributed by atoms with Gasteiger partial charge in [-0.2, -0.15) is 0 Å².